The molecule has 0 spiro atoms. The fourth-order valence-electron chi connectivity index (χ4n) is 1.94. The van der Waals surface area contributed by atoms with Gasteiger partial charge in [-0.3, -0.25) is 0 Å². The Hall–Kier alpha value is -1.37. The van der Waals surface area contributed by atoms with Gasteiger partial charge in [-0.1, -0.05) is 0 Å². The smallest absolute Gasteiger partial charge is 0.373 e. The first-order chi connectivity index (χ1) is 8.76. The average molecular weight is 255 g/mol. The van der Waals surface area contributed by atoms with Crippen LogP contribution in [-0.2, 0) is 14.2 Å². The van der Waals surface area contributed by atoms with E-state index in [0.29, 0.717) is 25.6 Å². The predicted molar refractivity (Wildman–Crippen MR) is 62.4 cm³/mol. The molecule has 1 N–H and O–H groups in total. The number of nitrogens with one attached hydrogen (secondary N) is 1. The van der Waals surface area contributed by atoms with Gasteiger partial charge < -0.3 is 23.9 Å². The Kier molecular flexibility index (Phi) is 4.35. The monoisotopic (exact) mass is 255 g/mol. The number of carbonyl (C=O) groups excluding carboxylic acids is 1. The number of methoxy groups -OCH3 is 1. The minimum atomic E-state index is -0.489. The molecule has 0 aromatic carbocycles. The van der Waals surface area contributed by atoms with Gasteiger partial charge in [0.15, 0.2) is 0 Å². The van der Waals surface area contributed by atoms with Crippen molar-refractivity contribution < 1.29 is 23.4 Å². The highest BCUT2D eigenvalue weighted by atomic mass is 16.6. The van der Waals surface area contributed by atoms with E-state index in [4.69, 9.17) is 13.9 Å². The van der Waals surface area contributed by atoms with E-state index in [1.165, 1.54) is 7.11 Å². The Morgan fingerprint density at radius 2 is 2.33 bits per heavy atom. The Balaban J connectivity index is 2.11. The van der Waals surface area contributed by atoms with Crippen molar-refractivity contribution in [2.45, 2.75) is 12.1 Å². The number of esters is 1. The summed E-state index contributed by atoms with van der Waals surface area (Å²) in [6, 6.07) is 3.18. The molecule has 1 fully saturated rings. The minimum Gasteiger partial charge on any atom is -0.463 e. The van der Waals surface area contributed by atoms with E-state index in [9.17, 15) is 4.79 Å². The fourth-order valence-corrected chi connectivity index (χ4v) is 1.94. The molecule has 1 aliphatic heterocycles. The summed E-state index contributed by atoms with van der Waals surface area (Å²) < 4.78 is 21.1. The van der Waals surface area contributed by atoms with Crippen LogP contribution in [0.2, 0.25) is 0 Å². The molecule has 2 rings (SSSR count). The molecular weight excluding hydrogens is 238 g/mol. The second kappa shape index (κ2) is 5.99. The lowest BCUT2D eigenvalue weighted by molar-refractivity contribution is -0.104. The van der Waals surface area contributed by atoms with Crippen LogP contribution in [0.25, 0.3) is 0 Å². The van der Waals surface area contributed by atoms with Gasteiger partial charge in [0.2, 0.25) is 5.76 Å². The maximum Gasteiger partial charge on any atom is 0.373 e. The second-order valence-electron chi connectivity index (χ2n) is 3.94. The quantitative estimate of drug-likeness (QED) is 0.800. The van der Waals surface area contributed by atoms with Crippen molar-refractivity contribution in [1.29, 1.82) is 0 Å². The van der Waals surface area contributed by atoms with Crippen molar-refractivity contribution in [3.05, 3.63) is 23.7 Å². The van der Waals surface area contributed by atoms with E-state index >= 15 is 0 Å². The minimum absolute atomic E-state index is 0.125. The van der Waals surface area contributed by atoms with Gasteiger partial charge in [-0.25, -0.2) is 4.79 Å². The first-order valence-corrected chi connectivity index (χ1v) is 5.81. The van der Waals surface area contributed by atoms with E-state index in [2.05, 4.69) is 10.1 Å². The lowest BCUT2D eigenvalue weighted by Crippen LogP contribution is -2.39. The van der Waals surface area contributed by atoms with E-state index in [0.717, 1.165) is 0 Å². The normalized spacial score (nSPS) is 21.6. The zero-order valence-corrected chi connectivity index (χ0v) is 10.5. The lowest BCUT2D eigenvalue weighted by Gasteiger charge is -2.28. The van der Waals surface area contributed by atoms with Crippen LogP contribution >= 0.6 is 0 Å². The van der Waals surface area contributed by atoms with Gasteiger partial charge in [0.1, 0.15) is 11.9 Å². The summed E-state index contributed by atoms with van der Waals surface area (Å²) in [7, 11) is 3.13. The summed E-state index contributed by atoms with van der Waals surface area (Å²) in [6.07, 6.45) is -0.125. The third kappa shape index (κ3) is 2.72. The lowest BCUT2D eigenvalue weighted by atomic mass is 10.1. The zero-order chi connectivity index (χ0) is 13.0. The zero-order valence-electron chi connectivity index (χ0n) is 10.5. The van der Waals surface area contributed by atoms with Gasteiger partial charge in [-0.05, 0) is 19.2 Å². The molecule has 6 nitrogen and oxygen atoms in total. The van der Waals surface area contributed by atoms with E-state index in [1.54, 1.807) is 12.1 Å². The van der Waals surface area contributed by atoms with Crippen LogP contribution in [0.3, 0.4) is 0 Å². The van der Waals surface area contributed by atoms with E-state index < -0.39 is 5.97 Å². The average Bonchev–Trinajstić information content (AvgIpc) is 2.89. The molecular formula is C12H17NO5. The van der Waals surface area contributed by atoms with Crippen molar-refractivity contribution in [2.24, 2.45) is 0 Å². The Bertz CT molecular complexity index is 397. The predicted octanol–water partition coefficient (Wildman–Crippen LogP) is 0.742. The van der Waals surface area contributed by atoms with Crippen molar-refractivity contribution in [3.8, 4) is 0 Å². The number of likely N-dealkylation sites (N-methyl/N-ethyl adjacent to an activating group) is 1. The molecule has 1 aliphatic rings. The summed E-state index contributed by atoms with van der Waals surface area (Å²) in [4.78, 5) is 11.3. The molecule has 1 aromatic rings. The first kappa shape index (κ1) is 13.1. The second-order valence-corrected chi connectivity index (χ2v) is 3.94. The number of hydrogen-bond donors (Lipinski definition) is 1. The molecule has 0 aliphatic carbocycles. The molecule has 100 valence electrons. The summed E-state index contributed by atoms with van der Waals surface area (Å²) >= 11 is 0. The molecule has 0 radical (unpaired) electrons. The largest absolute Gasteiger partial charge is 0.463 e. The maximum absolute atomic E-state index is 11.3. The van der Waals surface area contributed by atoms with Crippen LogP contribution in [0.1, 0.15) is 22.4 Å². The highest BCUT2D eigenvalue weighted by Crippen LogP contribution is 2.23. The highest BCUT2D eigenvalue weighted by molar-refractivity contribution is 5.86. The topological polar surface area (TPSA) is 69.9 Å². The maximum atomic E-state index is 11.3. The van der Waals surface area contributed by atoms with Gasteiger partial charge in [-0.15, -0.1) is 0 Å². The molecule has 0 amide bonds. The van der Waals surface area contributed by atoms with Crippen LogP contribution in [0, 0.1) is 0 Å². The molecule has 2 unspecified atom stereocenters. The third-order valence-electron chi connectivity index (χ3n) is 2.84. The molecule has 2 heterocycles. The number of furan rings is 1. The van der Waals surface area contributed by atoms with Crippen molar-refractivity contribution in [1.82, 2.24) is 5.32 Å². The van der Waals surface area contributed by atoms with Crippen molar-refractivity contribution in [2.75, 3.05) is 34.0 Å². The Morgan fingerprint density at radius 3 is 2.94 bits per heavy atom. The number of ether oxygens (including phenoxy) is 3. The summed E-state index contributed by atoms with van der Waals surface area (Å²) in [6.45, 7) is 1.67. The molecule has 1 aromatic heterocycles. The van der Waals surface area contributed by atoms with Gasteiger partial charge in [0.25, 0.3) is 0 Å². The third-order valence-corrected chi connectivity index (χ3v) is 2.84. The molecule has 0 bridgehead atoms. The van der Waals surface area contributed by atoms with Gasteiger partial charge in [-0.2, -0.15) is 0 Å². The van der Waals surface area contributed by atoms with Crippen LogP contribution in [0.4, 0.5) is 0 Å². The van der Waals surface area contributed by atoms with E-state index in [-0.39, 0.29) is 17.9 Å². The van der Waals surface area contributed by atoms with Crippen LogP contribution < -0.4 is 5.32 Å². The first-order valence-electron chi connectivity index (χ1n) is 5.81. The summed E-state index contributed by atoms with van der Waals surface area (Å²) in [5.74, 6) is 0.329. The molecule has 6 heteroatoms. The van der Waals surface area contributed by atoms with E-state index in [1.807, 2.05) is 7.05 Å². The number of rotatable bonds is 4. The standard InChI is InChI=1S/C12H17NO5/c1-13-11(10-7-16-5-6-17-10)8-3-4-9(18-8)12(14)15-2/h3-4,10-11,13H,5-7H2,1-2H3. The summed E-state index contributed by atoms with van der Waals surface area (Å²) in [5.41, 5.74) is 0. The van der Waals surface area contributed by atoms with Crippen molar-refractivity contribution in [3.63, 3.8) is 0 Å². The molecule has 1 saturated heterocycles. The Labute approximate surface area is 105 Å². The van der Waals surface area contributed by atoms with Gasteiger partial charge in [0.05, 0.1) is 33.0 Å². The van der Waals surface area contributed by atoms with Crippen molar-refractivity contribution >= 4 is 5.97 Å². The highest BCUT2D eigenvalue weighted by Gasteiger charge is 2.28. The Morgan fingerprint density at radius 1 is 1.50 bits per heavy atom. The SMILES string of the molecule is CNC(c1ccc(C(=O)OC)o1)C1COCCO1. The number of hydrogen-bond acceptors (Lipinski definition) is 6. The van der Waals surface area contributed by atoms with Crippen LogP contribution in [-0.4, -0.2) is 46.1 Å². The summed E-state index contributed by atoms with van der Waals surface area (Å²) in [5, 5.41) is 3.11. The van der Waals surface area contributed by atoms with Crippen LogP contribution in [0.5, 0.6) is 0 Å². The van der Waals surface area contributed by atoms with Gasteiger partial charge in [0, 0.05) is 0 Å². The van der Waals surface area contributed by atoms with Gasteiger partial charge >= 0.3 is 5.97 Å². The number of carbonyl (C=O) groups is 1. The molecule has 18 heavy (non-hydrogen) atoms. The fraction of sp³-hybridized carbons (Fsp3) is 0.583. The van der Waals surface area contributed by atoms with Crippen LogP contribution in [0.15, 0.2) is 16.5 Å². The molecule has 2 atom stereocenters. The molecule has 0 saturated carbocycles.